The summed E-state index contributed by atoms with van der Waals surface area (Å²) in [6, 6.07) is 7.72. The number of amides is 1. The monoisotopic (exact) mass is 677 g/mol. The van der Waals surface area contributed by atoms with Crippen molar-refractivity contribution in [2.24, 2.45) is 5.92 Å². The molecule has 1 amide bonds. The number of benzene rings is 1. The van der Waals surface area contributed by atoms with Crippen LogP contribution in [0.2, 0.25) is 0 Å². The average Bonchev–Trinajstić information content (AvgIpc) is 3.52. The first kappa shape index (κ1) is 35.2. The van der Waals surface area contributed by atoms with E-state index in [4.69, 9.17) is 13.8 Å². The molecule has 0 saturated heterocycles. The molecule has 0 spiro atoms. The Morgan fingerprint density at radius 2 is 1.87 bits per heavy atom. The molecule has 18 heteroatoms. The summed E-state index contributed by atoms with van der Waals surface area (Å²) in [6.07, 6.45) is -1.01. The van der Waals surface area contributed by atoms with Crippen LogP contribution in [0.25, 0.3) is 11.3 Å². The highest BCUT2D eigenvalue weighted by Crippen LogP contribution is 2.37. The van der Waals surface area contributed by atoms with Gasteiger partial charge in [-0.2, -0.15) is 23.3 Å². The molecule has 3 aromatic heterocycles. The highest BCUT2D eigenvalue weighted by atomic mass is 31.1. The fourth-order valence-corrected chi connectivity index (χ4v) is 4.72. The number of nitrogens with one attached hydrogen (secondary N) is 3. The van der Waals surface area contributed by atoms with E-state index in [1.165, 1.54) is 32.5 Å². The van der Waals surface area contributed by atoms with Gasteiger partial charge in [0.2, 0.25) is 5.95 Å². The molecule has 0 saturated carbocycles. The lowest BCUT2D eigenvalue weighted by atomic mass is 10.1. The molecule has 14 nitrogen and oxygen atoms in total. The van der Waals surface area contributed by atoms with Gasteiger partial charge in [0.05, 0.1) is 30.4 Å². The molecular weight excluding hydrogens is 644 g/mol. The number of aromatic nitrogens is 5. The summed E-state index contributed by atoms with van der Waals surface area (Å²) < 4.78 is 70.9. The largest absolute Gasteiger partial charge is 0.697 e. The Morgan fingerprint density at radius 3 is 2.55 bits per heavy atom. The zero-order valence-electron chi connectivity index (χ0n) is 25.8. The Balaban J connectivity index is 1.64. The number of hydrogen-bond acceptors (Lipinski definition) is 12. The number of methoxy groups -OCH3 is 1. The molecule has 1 aromatic carbocycles. The molecule has 0 fully saturated rings. The van der Waals surface area contributed by atoms with Gasteiger partial charge in [-0.1, -0.05) is 13.0 Å². The number of nitrogens with zero attached hydrogens (tertiary/aromatic N) is 5. The van der Waals surface area contributed by atoms with E-state index in [1.807, 2.05) is 6.92 Å². The molecule has 2 atom stereocenters. The molecule has 47 heavy (non-hydrogen) atoms. The van der Waals surface area contributed by atoms with Gasteiger partial charge in [-0.15, -0.1) is 9.05 Å². The molecule has 4 N–H and O–H groups in total. The first-order valence-corrected chi connectivity index (χ1v) is 15.3. The highest BCUT2D eigenvalue weighted by Gasteiger charge is 2.36. The van der Waals surface area contributed by atoms with Crippen LogP contribution < -0.4 is 20.7 Å². The molecule has 0 aliphatic carbocycles. The van der Waals surface area contributed by atoms with Gasteiger partial charge in [-0.25, -0.2) is 9.97 Å². The Kier molecular flexibility index (Phi) is 11.8. The lowest BCUT2D eigenvalue weighted by molar-refractivity contribution is -0.137. The van der Waals surface area contributed by atoms with Crippen molar-refractivity contribution in [3.8, 4) is 17.0 Å². The lowest BCUT2D eigenvalue weighted by Gasteiger charge is -2.17. The van der Waals surface area contributed by atoms with Gasteiger partial charge in [0, 0.05) is 42.7 Å². The fourth-order valence-electron chi connectivity index (χ4n) is 4.18. The molecule has 4 rings (SSSR count). The van der Waals surface area contributed by atoms with Crippen molar-refractivity contribution in [1.29, 1.82) is 0 Å². The summed E-state index contributed by atoms with van der Waals surface area (Å²) in [6.45, 7) is 4.14. The SMILES string of the molecule is CCO[P+](=O)OCc1ccc(Nc2ncc(C(F)(F)F)c(Nc3ccc(-c4cnn(CC(C)CO)c4)nc3C(=O)NC)n2)c(OC)c1. The van der Waals surface area contributed by atoms with Gasteiger partial charge in [0.25, 0.3) is 5.91 Å². The molecule has 0 aliphatic heterocycles. The number of carbonyl (C=O) groups is 1. The van der Waals surface area contributed by atoms with E-state index in [9.17, 15) is 27.6 Å². The van der Waals surface area contributed by atoms with Crippen LogP contribution in [0.3, 0.4) is 0 Å². The normalized spacial score (nSPS) is 12.4. The minimum atomic E-state index is -4.84. The summed E-state index contributed by atoms with van der Waals surface area (Å²) >= 11 is 0. The second-order valence-electron chi connectivity index (χ2n) is 10.1. The Morgan fingerprint density at radius 1 is 1.11 bits per heavy atom. The molecule has 0 bridgehead atoms. The summed E-state index contributed by atoms with van der Waals surface area (Å²) in [5.41, 5.74) is 0.412. The van der Waals surface area contributed by atoms with Crippen molar-refractivity contribution in [2.75, 3.05) is 38.0 Å². The van der Waals surface area contributed by atoms with Crippen LogP contribution in [0.5, 0.6) is 5.75 Å². The van der Waals surface area contributed by atoms with Crippen LogP contribution in [0.1, 0.15) is 35.5 Å². The lowest BCUT2D eigenvalue weighted by Crippen LogP contribution is -2.21. The fraction of sp³-hybridized carbons (Fsp3) is 0.345. The second kappa shape index (κ2) is 15.7. The first-order chi connectivity index (χ1) is 22.4. The summed E-state index contributed by atoms with van der Waals surface area (Å²) in [5.74, 6) is -1.26. The number of halogens is 3. The Labute approximate surface area is 268 Å². The number of hydrogen-bond donors (Lipinski definition) is 4. The predicted octanol–water partition coefficient (Wildman–Crippen LogP) is 5.45. The van der Waals surface area contributed by atoms with E-state index in [1.54, 1.807) is 36.0 Å². The molecular formula is C29H33F3N8O6P+. The van der Waals surface area contributed by atoms with E-state index in [0.717, 1.165) is 0 Å². The Bertz CT molecular complexity index is 1720. The smallest absolute Gasteiger partial charge is 0.495 e. The van der Waals surface area contributed by atoms with E-state index < -0.39 is 31.7 Å². The third-order valence-electron chi connectivity index (χ3n) is 6.51. The van der Waals surface area contributed by atoms with Crippen molar-refractivity contribution in [1.82, 2.24) is 30.0 Å². The van der Waals surface area contributed by atoms with E-state index >= 15 is 0 Å². The van der Waals surface area contributed by atoms with Crippen LogP contribution in [-0.2, 0) is 32.9 Å². The van der Waals surface area contributed by atoms with Crippen LogP contribution in [0.4, 0.5) is 36.3 Å². The van der Waals surface area contributed by atoms with E-state index in [2.05, 4.69) is 36.0 Å². The van der Waals surface area contributed by atoms with Crippen molar-refractivity contribution >= 4 is 37.3 Å². The molecule has 0 radical (unpaired) electrons. The maximum absolute atomic E-state index is 14.1. The van der Waals surface area contributed by atoms with Gasteiger partial charge >= 0.3 is 14.4 Å². The minimum absolute atomic E-state index is 0.0239. The summed E-state index contributed by atoms with van der Waals surface area (Å²) in [7, 11) is 0.466. The number of pyridine rings is 1. The molecule has 250 valence electrons. The van der Waals surface area contributed by atoms with Gasteiger partial charge < -0.3 is 25.8 Å². The zero-order chi connectivity index (χ0) is 34.1. The molecule has 3 heterocycles. The number of ether oxygens (including phenoxy) is 1. The van der Waals surface area contributed by atoms with Crippen molar-refractivity contribution < 1.29 is 41.4 Å². The van der Waals surface area contributed by atoms with Crippen molar-refractivity contribution in [3.05, 3.63) is 65.7 Å². The van der Waals surface area contributed by atoms with Gasteiger partial charge in [-0.3, -0.25) is 9.48 Å². The average molecular weight is 678 g/mol. The maximum atomic E-state index is 14.1. The van der Waals surface area contributed by atoms with Crippen LogP contribution in [-0.4, -0.2) is 63.1 Å². The topological polar surface area (TPSA) is 175 Å². The quantitative estimate of drug-likeness (QED) is 0.117. The number of anilines is 4. The molecule has 4 aromatic rings. The van der Waals surface area contributed by atoms with Gasteiger partial charge in [0.15, 0.2) is 5.69 Å². The number of rotatable bonds is 15. The van der Waals surface area contributed by atoms with Crippen LogP contribution >= 0.6 is 8.25 Å². The summed E-state index contributed by atoms with van der Waals surface area (Å²) in [5, 5.41) is 21.5. The van der Waals surface area contributed by atoms with Crippen LogP contribution in [0.15, 0.2) is 48.9 Å². The third kappa shape index (κ3) is 9.19. The number of aliphatic hydroxyl groups is 1. The molecule has 2 unspecified atom stereocenters. The second-order valence-corrected chi connectivity index (χ2v) is 11.0. The minimum Gasteiger partial charge on any atom is -0.495 e. The maximum Gasteiger partial charge on any atom is 0.697 e. The van der Waals surface area contributed by atoms with Crippen molar-refractivity contribution in [3.63, 3.8) is 0 Å². The van der Waals surface area contributed by atoms with Gasteiger partial charge in [-0.05, 0) is 42.7 Å². The van der Waals surface area contributed by atoms with Crippen LogP contribution in [0, 0.1) is 5.92 Å². The predicted molar refractivity (Wildman–Crippen MR) is 166 cm³/mol. The standard InChI is InChI=1S/C29H32F3N8O6P/c1-5-45-47(43)46-16-18-6-7-22(24(10-18)44-4)38-28-34-12-20(29(30,31)32)26(39-28)37-23-9-8-21(36-25(23)27(42)33-3)19-11-35-40(14-19)13-17(2)15-41/h6-12,14,17,41H,5,13,15-16H2,1-4H3,(H2-,33,34,37,38,39,42)/p+1. The first-order valence-electron chi connectivity index (χ1n) is 14.2. The number of carbonyl (C=O) groups excluding carboxylic acids is 1. The van der Waals surface area contributed by atoms with Gasteiger partial charge in [0.1, 0.15) is 30.3 Å². The zero-order valence-corrected chi connectivity index (χ0v) is 26.7. The van der Waals surface area contributed by atoms with Crippen molar-refractivity contribution in [2.45, 2.75) is 33.2 Å². The van der Waals surface area contributed by atoms with E-state index in [0.29, 0.717) is 35.2 Å². The number of aliphatic hydroxyl groups excluding tert-OH is 1. The number of alkyl halides is 3. The third-order valence-corrected chi connectivity index (χ3v) is 7.32. The highest BCUT2D eigenvalue weighted by molar-refractivity contribution is 7.33. The Hall–Kier alpha value is -4.70. The summed E-state index contributed by atoms with van der Waals surface area (Å²) in [4.78, 5) is 25.1. The van der Waals surface area contributed by atoms with E-state index in [-0.39, 0.29) is 48.8 Å². The molecule has 0 aliphatic rings.